The van der Waals surface area contributed by atoms with Crippen LogP contribution in [0.4, 0.5) is 4.39 Å². The predicted molar refractivity (Wildman–Crippen MR) is 90.9 cm³/mol. The summed E-state index contributed by atoms with van der Waals surface area (Å²) in [6, 6.07) is 11.5. The van der Waals surface area contributed by atoms with E-state index >= 15 is 0 Å². The molecule has 0 radical (unpaired) electrons. The lowest BCUT2D eigenvalue weighted by Gasteiger charge is -2.16. The zero-order valence-corrected chi connectivity index (χ0v) is 13.7. The highest BCUT2D eigenvalue weighted by Gasteiger charge is 2.18. The number of hydrogen-bond donors (Lipinski definition) is 1. The first kappa shape index (κ1) is 16.2. The number of nitrogens with one attached hydrogen (secondary N) is 1. The minimum Gasteiger partial charge on any atom is -0.345 e. The number of benzene rings is 2. The Morgan fingerprint density at radius 3 is 2.62 bits per heavy atom. The first-order chi connectivity index (χ1) is 11.6. The van der Waals surface area contributed by atoms with Crippen molar-refractivity contribution in [3.63, 3.8) is 0 Å². The van der Waals surface area contributed by atoms with Crippen LogP contribution in [0.5, 0.6) is 0 Å². The third-order valence-electron chi connectivity index (χ3n) is 3.73. The van der Waals surface area contributed by atoms with Gasteiger partial charge in [-0.05, 0) is 36.8 Å². The summed E-state index contributed by atoms with van der Waals surface area (Å²) < 4.78 is 15.7. The smallest absolute Gasteiger partial charge is 0.256 e. The number of rotatable bonds is 4. The van der Waals surface area contributed by atoms with Crippen LogP contribution in [0.25, 0.3) is 5.69 Å². The molecule has 1 unspecified atom stereocenters. The lowest BCUT2D eigenvalue weighted by molar-refractivity contribution is 0.0936. The Kier molecular flexibility index (Phi) is 4.62. The maximum atomic E-state index is 13.8. The molecule has 4 nitrogen and oxygen atoms in total. The van der Waals surface area contributed by atoms with Crippen LogP contribution in [0.15, 0.2) is 61.2 Å². The molecule has 122 valence electrons. The van der Waals surface area contributed by atoms with Gasteiger partial charge in [0.2, 0.25) is 0 Å². The molecule has 0 saturated carbocycles. The van der Waals surface area contributed by atoms with E-state index < -0.39 is 11.7 Å². The van der Waals surface area contributed by atoms with E-state index in [9.17, 15) is 9.18 Å². The molecular weight excluding hydrogens is 329 g/mol. The third-order valence-corrected chi connectivity index (χ3v) is 4.05. The highest BCUT2D eigenvalue weighted by molar-refractivity contribution is 6.33. The molecule has 1 heterocycles. The predicted octanol–water partition coefficient (Wildman–Crippen LogP) is 4.16. The summed E-state index contributed by atoms with van der Waals surface area (Å²) in [6.45, 7) is 1.83. The normalized spacial score (nSPS) is 12.0. The highest BCUT2D eigenvalue weighted by atomic mass is 35.5. The van der Waals surface area contributed by atoms with Crippen molar-refractivity contribution >= 4 is 17.5 Å². The van der Waals surface area contributed by atoms with Crippen LogP contribution >= 0.6 is 11.6 Å². The molecule has 0 saturated heterocycles. The Morgan fingerprint density at radius 2 is 2.00 bits per heavy atom. The standard InChI is InChI=1S/C18H15ClFN3O/c1-12(22-18(24)17-15(19)3-2-4-16(17)20)13-5-7-14(8-6-13)23-10-9-21-11-23/h2-12H,1H3,(H,22,24). The van der Waals surface area contributed by atoms with Gasteiger partial charge in [-0.1, -0.05) is 29.8 Å². The lowest BCUT2D eigenvalue weighted by Crippen LogP contribution is -2.27. The molecule has 24 heavy (non-hydrogen) atoms. The average Bonchev–Trinajstić information content (AvgIpc) is 3.09. The van der Waals surface area contributed by atoms with E-state index in [1.54, 1.807) is 12.5 Å². The number of carbonyl (C=O) groups excluding carboxylic acids is 1. The van der Waals surface area contributed by atoms with Gasteiger partial charge >= 0.3 is 0 Å². The molecule has 0 aliphatic rings. The van der Waals surface area contributed by atoms with Gasteiger partial charge in [-0.15, -0.1) is 0 Å². The van der Waals surface area contributed by atoms with E-state index in [0.29, 0.717) is 0 Å². The fourth-order valence-electron chi connectivity index (χ4n) is 2.41. The minimum absolute atomic E-state index is 0.0927. The number of halogens is 2. The van der Waals surface area contributed by atoms with Crippen molar-refractivity contribution in [2.75, 3.05) is 0 Å². The SMILES string of the molecule is CC(NC(=O)c1c(F)cccc1Cl)c1ccc(-n2ccnc2)cc1. The molecule has 0 aliphatic heterocycles. The van der Waals surface area contributed by atoms with Gasteiger partial charge < -0.3 is 9.88 Å². The Balaban J connectivity index is 1.75. The molecule has 1 aromatic heterocycles. The summed E-state index contributed by atoms with van der Waals surface area (Å²) >= 11 is 5.92. The summed E-state index contributed by atoms with van der Waals surface area (Å²) in [4.78, 5) is 16.3. The van der Waals surface area contributed by atoms with Crippen LogP contribution in [-0.2, 0) is 0 Å². The van der Waals surface area contributed by atoms with Gasteiger partial charge in [-0.2, -0.15) is 0 Å². The zero-order chi connectivity index (χ0) is 17.1. The molecule has 1 N–H and O–H groups in total. The number of amides is 1. The van der Waals surface area contributed by atoms with Gasteiger partial charge in [-0.25, -0.2) is 9.37 Å². The summed E-state index contributed by atoms with van der Waals surface area (Å²) in [5.41, 5.74) is 1.73. The molecule has 0 spiro atoms. The molecule has 3 rings (SSSR count). The van der Waals surface area contributed by atoms with E-state index in [1.165, 1.54) is 18.2 Å². The first-order valence-electron chi connectivity index (χ1n) is 7.39. The molecule has 3 aromatic rings. The molecular formula is C18H15ClFN3O. The van der Waals surface area contributed by atoms with Gasteiger partial charge in [0, 0.05) is 18.1 Å². The van der Waals surface area contributed by atoms with Gasteiger partial charge in [0.15, 0.2) is 0 Å². The molecule has 0 aliphatic carbocycles. The number of hydrogen-bond acceptors (Lipinski definition) is 2. The molecule has 6 heteroatoms. The molecule has 0 bridgehead atoms. The van der Waals surface area contributed by atoms with E-state index in [-0.39, 0.29) is 16.6 Å². The third kappa shape index (κ3) is 3.31. The van der Waals surface area contributed by atoms with E-state index in [1.807, 2.05) is 42.0 Å². The monoisotopic (exact) mass is 343 g/mol. The van der Waals surface area contributed by atoms with Crippen molar-refractivity contribution in [2.24, 2.45) is 0 Å². The lowest BCUT2D eigenvalue weighted by atomic mass is 10.1. The number of nitrogens with zero attached hydrogens (tertiary/aromatic N) is 2. The van der Waals surface area contributed by atoms with Crippen LogP contribution in [-0.4, -0.2) is 15.5 Å². The maximum Gasteiger partial charge on any atom is 0.256 e. The van der Waals surface area contributed by atoms with Gasteiger partial charge in [0.25, 0.3) is 5.91 Å². The van der Waals surface area contributed by atoms with Crippen LogP contribution < -0.4 is 5.32 Å². The summed E-state index contributed by atoms with van der Waals surface area (Å²) in [7, 11) is 0. The number of aromatic nitrogens is 2. The van der Waals surface area contributed by atoms with E-state index in [4.69, 9.17) is 11.6 Å². The Hall–Kier alpha value is -2.66. The van der Waals surface area contributed by atoms with Gasteiger partial charge in [0.1, 0.15) is 5.82 Å². The van der Waals surface area contributed by atoms with Crippen molar-refractivity contribution in [2.45, 2.75) is 13.0 Å². The minimum atomic E-state index is -0.636. The quantitative estimate of drug-likeness (QED) is 0.773. The zero-order valence-electron chi connectivity index (χ0n) is 12.9. The van der Waals surface area contributed by atoms with E-state index in [2.05, 4.69) is 10.3 Å². The van der Waals surface area contributed by atoms with Crippen LogP contribution in [0.3, 0.4) is 0 Å². The number of imidazole rings is 1. The first-order valence-corrected chi connectivity index (χ1v) is 7.77. The second-order valence-corrected chi connectivity index (χ2v) is 5.76. The summed E-state index contributed by atoms with van der Waals surface area (Å²) in [5.74, 6) is -1.17. The molecule has 1 atom stereocenters. The Bertz CT molecular complexity index is 827. The fraction of sp³-hybridized carbons (Fsp3) is 0.111. The number of carbonyl (C=O) groups is 1. The van der Waals surface area contributed by atoms with E-state index in [0.717, 1.165) is 11.3 Å². The van der Waals surface area contributed by atoms with Crippen molar-refractivity contribution in [3.05, 3.63) is 83.2 Å². The molecule has 1 amide bonds. The largest absolute Gasteiger partial charge is 0.345 e. The second kappa shape index (κ2) is 6.84. The molecule has 0 fully saturated rings. The Labute approximate surface area is 143 Å². The molecule has 2 aromatic carbocycles. The van der Waals surface area contributed by atoms with Crippen LogP contribution in [0.2, 0.25) is 5.02 Å². The summed E-state index contributed by atoms with van der Waals surface area (Å²) in [5, 5.41) is 2.86. The van der Waals surface area contributed by atoms with Crippen molar-refractivity contribution in [3.8, 4) is 5.69 Å². The Morgan fingerprint density at radius 1 is 1.25 bits per heavy atom. The van der Waals surface area contributed by atoms with Crippen molar-refractivity contribution in [1.29, 1.82) is 0 Å². The maximum absolute atomic E-state index is 13.8. The van der Waals surface area contributed by atoms with Crippen LogP contribution in [0, 0.1) is 5.82 Å². The van der Waals surface area contributed by atoms with Gasteiger partial charge in [0.05, 0.1) is 23.0 Å². The van der Waals surface area contributed by atoms with Crippen LogP contribution in [0.1, 0.15) is 28.9 Å². The van der Waals surface area contributed by atoms with Gasteiger partial charge in [-0.3, -0.25) is 4.79 Å². The van der Waals surface area contributed by atoms with Crippen molar-refractivity contribution < 1.29 is 9.18 Å². The van der Waals surface area contributed by atoms with Crippen molar-refractivity contribution in [1.82, 2.24) is 14.9 Å². The second-order valence-electron chi connectivity index (χ2n) is 5.35. The summed E-state index contributed by atoms with van der Waals surface area (Å²) in [6.07, 6.45) is 5.26. The average molecular weight is 344 g/mol. The fourth-order valence-corrected chi connectivity index (χ4v) is 2.66. The topological polar surface area (TPSA) is 46.9 Å². The highest BCUT2D eigenvalue weighted by Crippen LogP contribution is 2.21.